The third-order valence-electron chi connectivity index (χ3n) is 4.41. The number of hydrogen-bond acceptors (Lipinski definition) is 6. The summed E-state index contributed by atoms with van der Waals surface area (Å²) < 4.78 is 16.0. The first-order valence-electron chi connectivity index (χ1n) is 7.34. The van der Waals surface area contributed by atoms with E-state index in [1.54, 1.807) is 18.7 Å². The number of aryl methyl sites for hydroxylation is 1. The quantitative estimate of drug-likeness (QED) is 0.573. The van der Waals surface area contributed by atoms with E-state index in [4.69, 9.17) is 0 Å². The number of nitrogens with zero attached hydrogens (tertiary/aromatic N) is 5. The summed E-state index contributed by atoms with van der Waals surface area (Å²) in [6.45, 7) is 4.22. The van der Waals surface area contributed by atoms with Crippen molar-refractivity contribution in [2.24, 2.45) is 0 Å². The average Bonchev–Trinajstić information content (AvgIpc) is 2.65. The highest BCUT2D eigenvalue weighted by Gasteiger charge is 2.33. The number of halogens is 2. The Hall–Kier alpha value is -0.940. The number of rotatable bonds is 0. The van der Waals surface area contributed by atoms with Gasteiger partial charge in [-0.15, -0.1) is 11.8 Å². The van der Waals surface area contributed by atoms with Crippen LogP contribution in [0.1, 0.15) is 5.69 Å². The molecule has 1 unspecified atom stereocenters. The van der Waals surface area contributed by atoms with Crippen molar-refractivity contribution in [3.63, 3.8) is 0 Å². The maximum absolute atomic E-state index is 14.7. The van der Waals surface area contributed by atoms with Crippen LogP contribution in [0.2, 0.25) is 0 Å². The Morgan fingerprint density at radius 1 is 1.35 bits per heavy atom. The number of thioether (sulfide) groups is 1. The van der Waals surface area contributed by atoms with Gasteiger partial charge >= 0.3 is 5.69 Å². The van der Waals surface area contributed by atoms with Crippen LogP contribution in [-0.4, -0.2) is 56.1 Å². The van der Waals surface area contributed by atoms with Crippen molar-refractivity contribution in [1.82, 2.24) is 17.6 Å². The first kappa shape index (κ1) is 15.6. The highest BCUT2D eigenvalue weighted by Crippen LogP contribution is 2.39. The van der Waals surface area contributed by atoms with Crippen LogP contribution >= 0.6 is 34.6 Å². The molecule has 9 heteroatoms. The van der Waals surface area contributed by atoms with E-state index in [2.05, 4.69) is 26.8 Å². The van der Waals surface area contributed by atoms with Gasteiger partial charge in [0.25, 0.3) is 0 Å². The molecule has 6 nitrogen and oxygen atoms in total. The standard InChI is InChI=1S/C14H15FIN5OS/c1-7-10(15)11-9-12(18-14(22)21(11)16)20-4-3-19(2)5-8(20)6-23-13(9)17-7/h8H,3-6H2,1-2H3. The largest absolute Gasteiger partial charge is 0.359 e. The number of likely N-dealkylation sites (N-methyl/N-ethyl adjacent to an activating group) is 1. The Bertz CT molecular complexity index is 873. The summed E-state index contributed by atoms with van der Waals surface area (Å²) in [5, 5.41) is 1.43. The zero-order valence-corrected chi connectivity index (χ0v) is 15.7. The van der Waals surface area contributed by atoms with Crippen LogP contribution in [0.5, 0.6) is 0 Å². The van der Waals surface area contributed by atoms with Crippen LogP contribution in [0.25, 0.3) is 10.9 Å². The maximum Gasteiger partial charge on any atom is 0.359 e. The lowest BCUT2D eigenvalue weighted by atomic mass is 10.1. The van der Waals surface area contributed by atoms with E-state index in [-0.39, 0.29) is 6.04 Å². The molecule has 4 heterocycles. The molecule has 2 aromatic heterocycles. The van der Waals surface area contributed by atoms with E-state index in [1.807, 2.05) is 22.9 Å². The highest BCUT2D eigenvalue weighted by molar-refractivity contribution is 14.1. The fraction of sp³-hybridized carbons (Fsp3) is 0.500. The van der Waals surface area contributed by atoms with E-state index < -0.39 is 11.5 Å². The van der Waals surface area contributed by atoms with Gasteiger partial charge in [0.1, 0.15) is 16.4 Å². The molecule has 1 atom stereocenters. The average molecular weight is 447 g/mol. The van der Waals surface area contributed by atoms with Gasteiger partial charge in [-0.1, -0.05) is 0 Å². The molecule has 1 fully saturated rings. The van der Waals surface area contributed by atoms with Gasteiger partial charge in [0, 0.05) is 25.4 Å². The van der Waals surface area contributed by atoms with Crippen molar-refractivity contribution in [3.8, 4) is 0 Å². The predicted octanol–water partition coefficient (Wildman–Crippen LogP) is 1.66. The van der Waals surface area contributed by atoms with Crippen molar-refractivity contribution < 1.29 is 4.39 Å². The first-order valence-corrected chi connectivity index (χ1v) is 9.29. The molecular weight excluding hydrogens is 432 g/mol. The van der Waals surface area contributed by atoms with Crippen LogP contribution in [0, 0.1) is 12.7 Å². The summed E-state index contributed by atoms with van der Waals surface area (Å²) in [5.74, 6) is 0.998. The van der Waals surface area contributed by atoms with Crippen molar-refractivity contribution in [3.05, 3.63) is 22.0 Å². The lowest BCUT2D eigenvalue weighted by Crippen LogP contribution is -2.53. The Kier molecular flexibility index (Phi) is 3.76. The van der Waals surface area contributed by atoms with E-state index in [0.717, 1.165) is 30.4 Å². The van der Waals surface area contributed by atoms with E-state index in [1.165, 1.54) is 2.78 Å². The van der Waals surface area contributed by atoms with Crippen LogP contribution in [0.3, 0.4) is 0 Å². The monoisotopic (exact) mass is 447 g/mol. The van der Waals surface area contributed by atoms with Crippen molar-refractivity contribution in [1.29, 1.82) is 0 Å². The second-order valence-electron chi connectivity index (χ2n) is 5.96. The molecule has 0 saturated carbocycles. The van der Waals surface area contributed by atoms with Crippen molar-refractivity contribution in [2.75, 3.05) is 37.3 Å². The third kappa shape index (κ3) is 2.35. The minimum Gasteiger partial charge on any atom is -0.349 e. The lowest BCUT2D eigenvalue weighted by molar-refractivity contribution is 0.277. The number of anilines is 1. The molecule has 0 aliphatic carbocycles. The van der Waals surface area contributed by atoms with Crippen LogP contribution in [0.15, 0.2) is 9.82 Å². The van der Waals surface area contributed by atoms with E-state index >= 15 is 0 Å². The van der Waals surface area contributed by atoms with Gasteiger partial charge in [-0.3, -0.25) is 0 Å². The molecule has 2 aliphatic heterocycles. The highest BCUT2D eigenvalue weighted by atomic mass is 127. The minimum atomic E-state index is -0.438. The molecule has 0 N–H and O–H groups in total. The Morgan fingerprint density at radius 2 is 2.13 bits per heavy atom. The van der Waals surface area contributed by atoms with Crippen molar-refractivity contribution >= 4 is 51.3 Å². The van der Waals surface area contributed by atoms with E-state index in [0.29, 0.717) is 22.4 Å². The van der Waals surface area contributed by atoms with Crippen LogP contribution in [0.4, 0.5) is 10.2 Å². The Balaban J connectivity index is 2.06. The second kappa shape index (κ2) is 5.55. The molecule has 0 radical (unpaired) electrons. The summed E-state index contributed by atoms with van der Waals surface area (Å²) in [7, 11) is 2.09. The van der Waals surface area contributed by atoms with Crippen LogP contribution in [-0.2, 0) is 0 Å². The number of fused-ring (bicyclic) bond motifs is 2. The second-order valence-corrected chi connectivity index (χ2v) is 7.93. The summed E-state index contributed by atoms with van der Waals surface area (Å²) in [4.78, 5) is 25.4. The normalized spacial score (nSPS) is 21.4. The SMILES string of the molecule is Cc1nc2c3c(nc(=O)n(I)c3c1F)N1CCN(C)CC1CS2. The smallest absolute Gasteiger partial charge is 0.349 e. The fourth-order valence-corrected chi connectivity index (χ4v) is 4.96. The summed E-state index contributed by atoms with van der Waals surface area (Å²) in [6, 6.07) is 0.247. The Morgan fingerprint density at radius 3 is 2.91 bits per heavy atom. The van der Waals surface area contributed by atoms with Gasteiger partial charge in [0.2, 0.25) is 0 Å². The lowest BCUT2D eigenvalue weighted by Gasteiger charge is -2.39. The van der Waals surface area contributed by atoms with Gasteiger partial charge in [0.15, 0.2) is 5.82 Å². The molecule has 0 bridgehead atoms. The molecule has 4 rings (SSSR count). The van der Waals surface area contributed by atoms with Crippen LogP contribution < -0.4 is 10.6 Å². The third-order valence-corrected chi connectivity index (χ3v) is 6.42. The first-order chi connectivity index (χ1) is 11.0. The van der Waals surface area contributed by atoms with Gasteiger partial charge in [0.05, 0.1) is 40.0 Å². The van der Waals surface area contributed by atoms with Gasteiger partial charge < -0.3 is 9.80 Å². The number of pyridine rings is 1. The minimum absolute atomic E-state index is 0.247. The molecule has 0 aromatic carbocycles. The fourth-order valence-electron chi connectivity index (χ4n) is 3.23. The zero-order chi connectivity index (χ0) is 16.3. The molecule has 0 amide bonds. The van der Waals surface area contributed by atoms with Gasteiger partial charge in [-0.05, 0) is 14.0 Å². The molecule has 1 saturated heterocycles. The number of piperazine rings is 1. The summed E-state index contributed by atoms with van der Waals surface area (Å²) >= 11 is 3.44. The maximum atomic E-state index is 14.7. The van der Waals surface area contributed by atoms with E-state index in [9.17, 15) is 9.18 Å². The number of hydrogen-bond donors (Lipinski definition) is 0. The molecule has 23 heavy (non-hydrogen) atoms. The Labute approximate surface area is 150 Å². The molecule has 122 valence electrons. The molecular formula is C14H15FIN5OS. The topological polar surface area (TPSA) is 54.3 Å². The van der Waals surface area contributed by atoms with Gasteiger partial charge in [-0.25, -0.2) is 16.9 Å². The summed E-state index contributed by atoms with van der Waals surface area (Å²) in [5.41, 5.74) is 0.183. The van der Waals surface area contributed by atoms with Gasteiger partial charge in [-0.2, -0.15) is 4.98 Å². The summed E-state index contributed by atoms with van der Waals surface area (Å²) in [6.07, 6.45) is 0. The molecule has 2 aliphatic rings. The zero-order valence-electron chi connectivity index (χ0n) is 12.7. The van der Waals surface area contributed by atoms with Crippen molar-refractivity contribution in [2.45, 2.75) is 18.0 Å². The number of aromatic nitrogens is 3. The predicted molar refractivity (Wildman–Crippen MR) is 97.3 cm³/mol. The molecule has 0 spiro atoms. The molecule has 2 aromatic rings.